The van der Waals surface area contributed by atoms with E-state index in [1.165, 1.54) is 6.07 Å². The van der Waals surface area contributed by atoms with Crippen molar-refractivity contribution in [3.63, 3.8) is 0 Å². The number of imide groups is 1. The summed E-state index contributed by atoms with van der Waals surface area (Å²) >= 11 is 0. The number of anilines is 1. The molecule has 0 bridgehead atoms. The molecule has 4 nitrogen and oxygen atoms in total. The molecule has 7 rings (SSSR count). The van der Waals surface area contributed by atoms with Crippen LogP contribution < -0.4 is 4.90 Å². The van der Waals surface area contributed by atoms with E-state index in [0.717, 1.165) is 33.7 Å². The average molecular weight is 547 g/mol. The molecule has 0 saturated carbocycles. The van der Waals surface area contributed by atoms with Gasteiger partial charge in [-0.1, -0.05) is 60.2 Å². The number of hydrogen-bond donors (Lipinski definition) is 0. The van der Waals surface area contributed by atoms with Gasteiger partial charge in [0.05, 0.1) is 39.1 Å². The van der Waals surface area contributed by atoms with Crippen LogP contribution in [0, 0.1) is 6.92 Å². The van der Waals surface area contributed by atoms with E-state index < -0.39 is 23.6 Å². The molecule has 0 saturated heterocycles. The fourth-order valence-corrected chi connectivity index (χ4v) is 5.69. The maximum Gasteiger partial charge on any atom is 0.416 e. The summed E-state index contributed by atoms with van der Waals surface area (Å²) in [6, 6.07) is 31.2. The third-order valence-electron chi connectivity index (χ3n) is 7.61. The molecule has 41 heavy (non-hydrogen) atoms. The van der Waals surface area contributed by atoms with Crippen LogP contribution in [0.5, 0.6) is 0 Å². The lowest BCUT2D eigenvalue weighted by molar-refractivity contribution is -0.137. The monoisotopic (exact) mass is 546 g/mol. The van der Waals surface area contributed by atoms with Gasteiger partial charge in [0.25, 0.3) is 11.8 Å². The molecule has 0 aliphatic carbocycles. The Kier molecular flexibility index (Phi) is 5.41. The fraction of sp³-hybridized carbons (Fsp3) is 0.0588. The SMILES string of the molecule is Cc1ccc2c(c1)c1cc(C(F)(F)F)ccc1n2-c1cccc2c1C(=O)N(c1ccc(-c3ccccc3)cc1)C2=O. The van der Waals surface area contributed by atoms with Gasteiger partial charge in [0, 0.05) is 10.8 Å². The number of amides is 2. The molecule has 2 heterocycles. The van der Waals surface area contributed by atoms with E-state index in [4.69, 9.17) is 0 Å². The van der Waals surface area contributed by atoms with Crippen molar-refractivity contribution in [2.75, 3.05) is 4.90 Å². The Morgan fingerprint density at radius 1 is 0.634 bits per heavy atom. The lowest BCUT2D eigenvalue weighted by Gasteiger charge is -2.15. The van der Waals surface area contributed by atoms with Crippen LogP contribution in [0.2, 0.25) is 0 Å². The molecule has 0 spiro atoms. The van der Waals surface area contributed by atoms with Gasteiger partial charge in [-0.3, -0.25) is 9.59 Å². The lowest BCUT2D eigenvalue weighted by atomic mass is 10.1. The molecule has 2 amide bonds. The molecule has 1 aromatic heterocycles. The van der Waals surface area contributed by atoms with Crippen LogP contribution in [0.3, 0.4) is 0 Å². The Morgan fingerprint density at radius 2 is 1.29 bits per heavy atom. The number of halogens is 3. The molecule has 0 fully saturated rings. The minimum atomic E-state index is -4.50. The number of rotatable bonds is 3. The lowest BCUT2D eigenvalue weighted by Crippen LogP contribution is -2.29. The summed E-state index contributed by atoms with van der Waals surface area (Å²) in [7, 11) is 0. The Bertz CT molecular complexity index is 2020. The van der Waals surface area contributed by atoms with Crippen LogP contribution in [-0.2, 0) is 6.18 Å². The summed E-state index contributed by atoms with van der Waals surface area (Å²) in [5.74, 6) is -0.933. The molecular formula is C34H21F3N2O2. The Morgan fingerprint density at radius 3 is 2.00 bits per heavy atom. The fourth-order valence-electron chi connectivity index (χ4n) is 5.69. The molecule has 0 atom stereocenters. The van der Waals surface area contributed by atoms with E-state index in [-0.39, 0.29) is 11.1 Å². The number of alkyl halides is 3. The number of carbonyl (C=O) groups excluding carboxylic acids is 2. The molecular weight excluding hydrogens is 525 g/mol. The maximum absolute atomic E-state index is 13.9. The van der Waals surface area contributed by atoms with E-state index in [1.807, 2.05) is 67.6 Å². The van der Waals surface area contributed by atoms with Crippen molar-refractivity contribution in [2.24, 2.45) is 0 Å². The first-order chi connectivity index (χ1) is 19.7. The van der Waals surface area contributed by atoms with E-state index in [0.29, 0.717) is 33.2 Å². The summed E-state index contributed by atoms with van der Waals surface area (Å²) in [6.45, 7) is 1.87. The largest absolute Gasteiger partial charge is 0.416 e. The summed E-state index contributed by atoms with van der Waals surface area (Å²) in [4.78, 5) is 28.7. The van der Waals surface area contributed by atoms with E-state index in [2.05, 4.69) is 0 Å². The van der Waals surface area contributed by atoms with Gasteiger partial charge in [-0.2, -0.15) is 13.2 Å². The van der Waals surface area contributed by atoms with Crippen LogP contribution in [0.1, 0.15) is 31.8 Å². The third kappa shape index (κ3) is 3.84. The molecule has 1 aliphatic rings. The molecule has 1 aliphatic heterocycles. The van der Waals surface area contributed by atoms with E-state index >= 15 is 0 Å². The van der Waals surface area contributed by atoms with Gasteiger partial charge in [-0.15, -0.1) is 0 Å². The van der Waals surface area contributed by atoms with Crippen molar-refractivity contribution in [1.82, 2.24) is 4.57 Å². The number of nitrogens with zero attached hydrogens (tertiary/aromatic N) is 2. The van der Waals surface area contributed by atoms with Crippen molar-refractivity contribution in [2.45, 2.75) is 13.1 Å². The molecule has 200 valence electrons. The highest BCUT2D eigenvalue weighted by molar-refractivity contribution is 6.35. The smallest absolute Gasteiger partial charge is 0.308 e. The second-order valence-corrected chi connectivity index (χ2v) is 10.1. The zero-order valence-corrected chi connectivity index (χ0v) is 21.7. The van der Waals surface area contributed by atoms with Gasteiger partial charge in [-0.25, -0.2) is 4.90 Å². The van der Waals surface area contributed by atoms with Crippen LogP contribution in [-0.4, -0.2) is 16.4 Å². The second kappa shape index (κ2) is 8.93. The van der Waals surface area contributed by atoms with Gasteiger partial charge in [-0.05, 0) is 72.6 Å². The molecule has 0 unspecified atom stereocenters. The summed E-state index contributed by atoms with van der Waals surface area (Å²) in [5, 5.41) is 1.05. The zero-order valence-electron chi connectivity index (χ0n) is 21.7. The molecule has 0 radical (unpaired) electrons. The van der Waals surface area contributed by atoms with Crippen molar-refractivity contribution in [3.05, 3.63) is 131 Å². The van der Waals surface area contributed by atoms with Crippen LogP contribution in [0.25, 0.3) is 38.6 Å². The Hall–Kier alpha value is -5.17. The summed E-state index contributed by atoms with van der Waals surface area (Å²) in [6.07, 6.45) is -4.50. The summed E-state index contributed by atoms with van der Waals surface area (Å²) in [5.41, 5.74) is 4.59. The van der Waals surface area contributed by atoms with Crippen molar-refractivity contribution in [3.8, 4) is 16.8 Å². The van der Waals surface area contributed by atoms with Crippen molar-refractivity contribution >= 4 is 39.3 Å². The number of aromatic nitrogens is 1. The number of benzene rings is 5. The third-order valence-corrected chi connectivity index (χ3v) is 7.61. The van der Waals surface area contributed by atoms with Crippen LogP contribution >= 0.6 is 0 Å². The highest BCUT2D eigenvalue weighted by Gasteiger charge is 2.39. The molecule has 0 N–H and O–H groups in total. The highest BCUT2D eigenvalue weighted by Crippen LogP contribution is 2.40. The second-order valence-electron chi connectivity index (χ2n) is 10.1. The Labute approximate surface area is 232 Å². The predicted molar refractivity (Wildman–Crippen MR) is 154 cm³/mol. The minimum Gasteiger partial charge on any atom is -0.308 e. The molecule has 6 aromatic rings. The quantitative estimate of drug-likeness (QED) is 0.209. The van der Waals surface area contributed by atoms with Gasteiger partial charge in [0.2, 0.25) is 0 Å². The van der Waals surface area contributed by atoms with Crippen molar-refractivity contribution in [1.29, 1.82) is 0 Å². The average Bonchev–Trinajstić information content (AvgIpc) is 3.43. The zero-order chi connectivity index (χ0) is 28.5. The summed E-state index contributed by atoms with van der Waals surface area (Å²) < 4.78 is 42.7. The van der Waals surface area contributed by atoms with Gasteiger partial charge < -0.3 is 4.57 Å². The van der Waals surface area contributed by atoms with Crippen molar-refractivity contribution < 1.29 is 22.8 Å². The standard InChI is InChI=1S/C34H21F3N2O2/c1-20-10-16-28-26(18-20)27-19-23(34(35,36)37)13-17-29(27)39(28)30-9-5-8-25-31(30)33(41)38(32(25)40)24-14-11-22(12-15-24)21-6-3-2-4-7-21/h2-19H,1H3. The number of fused-ring (bicyclic) bond motifs is 4. The normalized spacial score (nSPS) is 13.4. The topological polar surface area (TPSA) is 42.3 Å². The minimum absolute atomic E-state index is 0.212. The number of carbonyl (C=O) groups is 2. The number of aryl methyl sites for hydroxylation is 1. The van der Waals surface area contributed by atoms with Gasteiger partial charge in [0.1, 0.15) is 0 Å². The number of hydrogen-bond acceptors (Lipinski definition) is 2. The van der Waals surface area contributed by atoms with Crippen LogP contribution in [0.15, 0.2) is 109 Å². The predicted octanol–water partition coefficient (Wildman–Crippen LogP) is 8.58. The van der Waals surface area contributed by atoms with E-state index in [1.54, 1.807) is 34.9 Å². The molecule has 5 aromatic carbocycles. The van der Waals surface area contributed by atoms with Gasteiger partial charge >= 0.3 is 6.18 Å². The maximum atomic E-state index is 13.9. The van der Waals surface area contributed by atoms with Gasteiger partial charge in [0.15, 0.2) is 0 Å². The van der Waals surface area contributed by atoms with E-state index in [9.17, 15) is 22.8 Å². The first-order valence-corrected chi connectivity index (χ1v) is 13.0. The first kappa shape index (κ1) is 24.8. The Balaban J connectivity index is 1.39. The highest BCUT2D eigenvalue weighted by atomic mass is 19.4. The first-order valence-electron chi connectivity index (χ1n) is 13.0. The molecule has 7 heteroatoms. The van der Waals surface area contributed by atoms with Crippen LogP contribution in [0.4, 0.5) is 18.9 Å².